The first-order chi connectivity index (χ1) is 18.1. The first kappa shape index (κ1) is 26.6. The predicted molar refractivity (Wildman–Crippen MR) is 139 cm³/mol. The van der Waals surface area contributed by atoms with Gasteiger partial charge in [0.1, 0.15) is 24.4 Å². The number of rotatable bonds is 12. The molecule has 37 heavy (non-hydrogen) atoms. The van der Waals surface area contributed by atoms with E-state index in [1.54, 1.807) is 0 Å². The number of esters is 1. The molecule has 0 unspecified atom stereocenters. The lowest BCUT2D eigenvalue weighted by Gasteiger charge is -2.25. The highest BCUT2D eigenvalue weighted by molar-refractivity contribution is 5.82. The molecule has 4 atom stereocenters. The summed E-state index contributed by atoms with van der Waals surface area (Å²) in [5, 5.41) is 0. The molecular formula is C30H33NO6. The Kier molecular flexibility index (Phi) is 9.85. The molecule has 7 nitrogen and oxygen atoms in total. The van der Waals surface area contributed by atoms with Crippen molar-refractivity contribution >= 4 is 5.97 Å². The van der Waals surface area contributed by atoms with E-state index in [9.17, 15) is 4.79 Å². The van der Waals surface area contributed by atoms with Gasteiger partial charge in [0.25, 0.3) is 0 Å². The highest BCUT2D eigenvalue weighted by Crippen LogP contribution is 2.31. The molecule has 4 rings (SSSR count). The van der Waals surface area contributed by atoms with Crippen molar-refractivity contribution < 1.29 is 28.5 Å². The van der Waals surface area contributed by atoms with Gasteiger partial charge in [-0.15, -0.1) is 0 Å². The second kappa shape index (κ2) is 13.7. The number of ether oxygens (including phenoxy) is 5. The van der Waals surface area contributed by atoms with Gasteiger partial charge < -0.3 is 29.4 Å². The maximum atomic E-state index is 11.9. The first-order valence-corrected chi connectivity index (χ1v) is 12.3. The van der Waals surface area contributed by atoms with E-state index in [1.807, 2.05) is 91.0 Å². The van der Waals surface area contributed by atoms with Gasteiger partial charge in [0.15, 0.2) is 0 Å². The fourth-order valence-electron chi connectivity index (χ4n) is 4.19. The zero-order valence-electron chi connectivity index (χ0n) is 20.9. The molecule has 0 bridgehead atoms. The van der Waals surface area contributed by atoms with Gasteiger partial charge in [0.2, 0.25) is 0 Å². The Bertz CT molecular complexity index is 1120. The monoisotopic (exact) mass is 503 g/mol. The van der Waals surface area contributed by atoms with Crippen LogP contribution < -0.4 is 5.73 Å². The predicted octanol–water partition coefficient (Wildman–Crippen LogP) is 4.16. The van der Waals surface area contributed by atoms with E-state index in [4.69, 9.17) is 29.4 Å². The summed E-state index contributed by atoms with van der Waals surface area (Å²) in [5.41, 5.74) is 9.62. The summed E-state index contributed by atoms with van der Waals surface area (Å²) in [5.74, 6) is -0.562. The van der Waals surface area contributed by atoms with Crippen molar-refractivity contribution in [3.8, 4) is 0 Å². The molecule has 1 saturated heterocycles. The minimum absolute atomic E-state index is 0.212. The summed E-state index contributed by atoms with van der Waals surface area (Å²) >= 11 is 0. The van der Waals surface area contributed by atoms with Crippen molar-refractivity contribution in [1.29, 1.82) is 0 Å². The van der Waals surface area contributed by atoms with Crippen LogP contribution in [-0.4, -0.2) is 44.1 Å². The van der Waals surface area contributed by atoms with E-state index in [0.29, 0.717) is 19.8 Å². The molecule has 7 heteroatoms. The largest absolute Gasteiger partial charge is 0.466 e. The Labute approximate surface area is 217 Å². The molecule has 0 spiro atoms. The quantitative estimate of drug-likeness (QED) is 0.293. The van der Waals surface area contributed by atoms with E-state index in [-0.39, 0.29) is 12.3 Å². The molecule has 0 radical (unpaired) electrons. The molecule has 0 aromatic heterocycles. The topological polar surface area (TPSA) is 89.2 Å². The third-order valence-corrected chi connectivity index (χ3v) is 6.09. The van der Waals surface area contributed by atoms with Crippen LogP contribution in [0, 0.1) is 0 Å². The van der Waals surface area contributed by atoms with Gasteiger partial charge in [-0.05, 0) is 16.7 Å². The van der Waals surface area contributed by atoms with Gasteiger partial charge in [-0.3, -0.25) is 0 Å². The van der Waals surface area contributed by atoms with Crippen molar-refractivity contribution in [2.75, 3.05) is 13.7 Å². The normalized spacial score (nSPS) is 21.6. The molecule has 1 heterocycles. The lowest BCUT2D eigenvalue weighted by atomic mass is 10.0. The first-order valence-electron chi connectivity index (χ1n) is 12.3. The molecule has 2 N–H and O–H groups in total. The Balaban J connectivity index is 1.54. The number of nitrogens with two attached hydrogens (primary N) is 1. The smallest absolute Gasteiger partial charge is 0.332 e. The van der Waals surface area contributed by atoms with E-state index in [2.05, 4.69) is 0 Å². The fourth-order valence-corrected chi connectivity index (χ4v) is 4.19. The average molecular weight is 504 g/mol. The van der Waals surface area contributed by atoms with Gasteiger partial charge in [0.05, 0.1) is 33.5 Å². The molecule has 1 aliphatic heterocycles. The highest BCUT2D eigenvalue weighted by Gasteiger charge is 2.47. The second-order valence-electron chi connectivity index (χ2n) is 8.79. The van der Waals surface area contributed by atoms with Gasteiger partial charge >= 0.3 is 5.97 Å². The van der Waals surface area contributed by atoms with E-state index >= 15 is 0 Å². The van der Waals surface area contributed by atoms with Gasteiger partial charge in [-0.25, -0.2) is 4.79 Å². The van der Waals surface area contributed by atoms with Crippen molar-refractivity contribution in [3.63, 3.8) is 0 Å². The summed E-state index contributed by atoms with van der Waals surface area (Å²) in [6.07, 6.45) is -1.02. The van der Waals surface area contributed by atoms with Crippen LogP contribution in [-0.2, 0) is 48.3 Å². The standard InChI is InChI=1S/C30H33NO6/c1-33-27(32)17-25(31)28-30(36-20-24-15-9-4-10-16-24)29(35-19-23-13-7-3-8-14-23)26(37-28)21-34-18-22-11-5-2-6-12-22/h2-17,26,28-30H,18-21,31H2,1H3/b25-17+/t26-,28+,29-,30+/m1/s1. The van der Waals surface area contributed by atoms with Crippen LogP contribution in [0.15, 0.2) is 103 Å². The van der Waals surface area contributed by atoms with Crippen LogP contribution in [0.4, 0.5) is 0 Å². The Hall–Kier alpha value is -3.49. The van der Waals surface area contributed by atoms with Crippen molar-refractivity contribution in [1.82, 2.24) is 0 Å². The molecule has 1 fully saturated rings. The number of carbonyl (C=O) groups excluding carboxylic acids is 1. The van der Waals surface area contributed by atoms with Crippen LogP contribution >= 0.6 is 0 Å². The van der Waals surface area contributed by atoms with Crippen molar-refractivity contribution in [3.05, 3.63) is 119 Å². The Morgan fingerprint density at radius 3 is 1.78 bits per heavy atom. The van der Waals surface area contributed by atoms with Crippen molar-refractivity contribution in [2.45, 2.75) is 44.2 Å². The molecule has 3 aromatic rings. The lowest BCUT2D eigenvalue weighted by molar-refractivity contribution is -0.135. The van der Waals surface area contributed by atoms with Gasteiger partial charge in [-0.1, -0.05) is 91.0 Å². The van der Waals surface area contributed by atoms with Crippen LogP contribution in [0.5, 0.6) is 0 Å². The average Bonchev–Trinajstić information content (AvgIpc) is 3.29. The van der Waals surface area contributed by atoms with E-state index < -0.39 is 30.4 Å². The maximum absolute atomic E-state index is 11.9. The van der Waals surface area contributed by atoms with Crippen LogP contribution in [0.1, 0.15) is 16.7 Å². The Morgan fingerprint density at radius 1 is 0.784 bits per heavy atom. The minimum atomic E-state index is -0.714. The van der Waals surface area contributed by atoms with E-state index in [0.717, 1.165) is 16.7 Å². The maximum Gasteiger partial charge on any atom is 0.332 e. The lowest BCUT2D eigenvalue weighted by Crippen LogP contribution is -2.40. The summed E-state index contributed by atoms with van der Waals surface area (Å²) in [4.78, 5) is 11.9. The summed E-state index contributed by atoms with van der Waals surface area (Å²) < 4.78 is 29.9. The second-order valence-corrected chi connectivity index (χ2v) is 8.79. The summed E-state index contributed by atoms with van der Waals surface area (Å²) in [7, 11) is 1.30. The molecule has 0 amide bonds. The summed E-state index contributed by atoms with van der Waals surface area (Å²) in [6.45, 7) is 1.39. The number of hydrogen-bond acceptors (Lipinski definition) is 7. The van der Waals surface area contributed by atoms with Gasteiger partial charge in [0, 0.05) is 11.8 Å². The molecule has 0 aliphatic carbocycles. The molecular weight excluding hydrogens is 470 g/mol. The fraction of sp³-hybridized carbons (Fsp3) is 0.300. The number of benzene rings is 3. The molecule has 194 valence electrons. The summed E-state index contributed by atoms with van der Waals surface area (Å²) in [6, 6.07) is 29.6. The number of hydrogen-bond donors (Lipinski definition) is 1. The minimum Gasteiger partial charge on any atom is -0.466 e. The molecule has 1 aliphatic rings. The highest BCUT2D eigenvalue weighted by atomic mass is 16.6. The van der Waals surface area contributed by atoms with Gasteiger partial charge in [-0.2, -0.15) is 0 Å². The number of methoxy groups -OCH3 is 1. The van der Waals surface area contributed by atoms with Crippen LogP contribution in [0.25, 0.3) is 0 Å². The van der Waals surface area contributed by atoms with Crippen molar-refractivity contribution in [2.24, 2.45) is 5.73 Å². The van der Waals surface area contributed by atoms with Crippen LogP contribution in [0.2, 0.25) is 0 Å². The molecule has 3 aromatic carbocycles. The third kappa shape index (κ3) is 7.74. The number of carbonyl (C=O) groups is 1. The SMILES string of the molecule is COC(=O)/C=C(/N)[C@@H]1O[C@H](COCc2ccccc2)[C@@H](OCc2ccccc2)[C@H]1OCc1ccccc1. The zero-order chi connectivity index (χ0) is 25.9. The third-order valence-electron chi connectivity index (χ3n) is 6.09. The Morgan fingerprint density at radius 2 is 1.27 bits per heavy atom. The molecule has 0 saturated carbocycles. The zero-order valence-corrected chi connectivity index (χ0v) is 20.9. The van der Waals surface area contributed by atoms with Crippen LogP contribution in [0.3, 0.4) is 0 Å². The van der Waals surface area contributed by atoms with E-state index in [1.165, 1.54) is 13.2 Å².